The Bertz CT molecular complexity index is 1060. The summed E-state index contributed by atoms with van der Waals surface area (Å²) in [7, 11) is -3.22. The Morgan fingerprint density at radius 1 is 0.775 bits per heavy atom. The summed E-state index contributed by atoms with van der Waals surface area (Å²) < 4.78 is 30.7. The molecule has 5 fully saturated rings. The molecular weight excluding hydrogens is 532 g/mol. The van der Waals surface area contributed by atoms with Gasteiger partial charge in [-0.05, 0) is 90.4 Å². The molecule has 0 N–H and O–H groups in total. The van der Waals surface area contributed by atoms with Crippen molar-refractivity contribution >= 4 is 27.9 Å². The van der Waals surface area contributed by atoms with Crippen molar-refractivity contribution in [3.63, 3.8) is 0 Å². The average molecular weight is 581 g/mol. The number of amides is 3. The topological polar surface area (TPSA) is 108 Å². The van der Waals surface area contributed by atoms with Crippen molar-refractivity contribution in [3.05, 3.63) is 0 Å². The van der Waals surface area contributed by atoms with Gasteiger partial charge in [0, 0.05) is 50.6 Å². The standard InChI is InChI=1S/C29H48N4O6S/c1-19(2)39-29(36)32-18-20(3)33(28(35)23-9-10-23)25-12-11-24(17-26(25)32)21-5-7-22(8-6-21)27(34)30-13-15-31(16-14-30)40(4,37)38/h19-26H,5-18H2,1-4H3/t20-,21?,22?,24?,25?,26?/m0/s1. The van der Waals surface area contributed by atoms with Gasteiger partial charge in [0.15, 0.2) is 0 Å². The van der Waals surface area contributed by atoms with Crippen molar-refractivity contribution in [2.24, 2.45) is 23.7 Å². The molecule has 0 aromatic carbocycles. The van der Waals surface area contributed by atoms with E-state index in [1.54, 1.807) is 0 Å². The fourth-order valence-corrected chi connectivity index (χ4v) is 8.65. The molecule has 2 saturated heterocycles. The van der Waals surface area contributed by atoms with Crippen molar-refractivity contribution in [2.75, 3.05) is 39.0 Å². The second-order valence-corrected chi connectivity index (χ2v) is 15.2. The summed E-state index contributed by atoms with van der Waals surface area (Å²) in [6, 6.07) is 0.0251. The fourth-order valence-electron chi connectivity index (χ4n) is 7.82. The van der Waals surface area contributed by atoms with Gasteiger partial charge in [-0.2, -0.15) is 4.31 Å². The van der Waals surface area contributed by atoms with E-state index >= 15 is 0 Å². The molecule has 10 nitrogen and oxygen atoms in total. The highest BCUT2D eigenvalue weighted by Crippen LogP contribution is 2.45. The number of hydrogen-bond donors (Lipinski definition) is 0. The molecule has 0 radical (unpaired) electrons. The molecule has 3 aliphatic carbocycles. The highest BCUT2D eigenvalue weighted by atomic mass is 32.2. The molecule has 3 amide bonds. The average Bonchev–Trinajstić information content (AvgIpc) is 3.77. The Morgan fingerprint density at radius 3 is 1.93 bits per heavy atom. The number of rotatable bonds is 5. The van der Waals surface area contributed by atoms with Crippen LogP contribution in [0.15, 0.2) is 0 Å². The van der Waals surface area contributed by atoms with Gasteiger partial charge in [-0.3, -0.25) is 9.59 Å². The third-order valence-corrected chi connectivity index (χ3v) is 11.4. The molecule has 40 heavy (non-hydrogen) atoms. The van der Waals surface area contributed by atoms with E-state index in [0.29, 0.717) is 44.6 Å². The maximum Gasteiger partial charge on any atom is 0.410 e. The van der Waals surface area contributed by atoms with Crippen molar-refractivity contribution < 1.29 is 27.5 Å². The molecule has 11 heteroatoms. The molecular formula is C29H48N4O6S. The first-order valence-electron chi connectivity index (χ1n) is 15.5. The molecule has 5 aliphatic rings. The van der Waals surface area contributed by atoms with Gasteiger partial charge in [-0.15, -0.1) is 0 Å². The van der Waals surface area contributed by atoms with Gasteiger partial charge in [0.25, 0.3) is 0 Å². The van der Waals surface area contributed by atoms with E-state index in [-0.39, 0.29) is 54.0 Å². The van der Waals surface area contributed by atoms with E-state index in [2.05, 4.69) is 11.8 Å². The second-order valence-electron chi connectivity index (χ2n) is 13.3. The number of hydrogen-bond acceptors (Lipinski definition) is 6. The predicted molar refractivity (Wildman–Crippen MR) is 151 cm³/mol. The van der Waals surface area contributed by atoms with Gasteiger partial charge in [0.1, 0.15) is 0 Å². The van der Waals surface area contributed by atoms with Crippen molar-refractivity contribution in [2.45, 2.75) is 103 Å². The van der Waals surface area contributed by atoms with Crippen LogP contribution in [0.25, 0.3) is 0 Å². The minimum absolute atomic E-state index is 0.00800. The van der Waals surface area contributed by atoms with Crippen LogP contribution in [0.5, 0.6) is 0 Å². The first-order chi connectivity index (χ1) is 18.9. The molecule has 4 atom stereocenters. The van der Waals surface area contributed by atoms with Gasteiger partial charge < -0.3 is 19.4 Å². The first-order valence-corrected chi connectivity index (χ1v) is 17.3. The van der Waals surface area contributed by atoms with Crippen LogP contribution >= 0.6 is 0 Å². The third-order valence-electron chi connectivity index (χ3n) is 10.1. The highest BCUT2D eigenvalue weighted by molar-refractivity contribution is 7.88. The smallest absolute Gasteiger partial charge is 0.410 e. The van der Waals surface area contributed by atoms with Crippen LogP contribution in [0.1, 0.15) is 78.6 Å². The predicted octanol–water partition coefficient (Wildman–Crippen LogP) is 2.92. The van der Waals surface area contributed by atoms with Crippen molar-refractivity contribution in [3.8, 4) is 0 Å². The Balaban J connectivity index is 1.20. The summed E-state index contributed by atoms with van der Waals surface area (Å²) in [5, 5.41) is 0. The van der Waals surface area contributed by atoms with Gasteiger partial charge >= 0.3 is 6.09 Å². The lowest BCUT2D eigenvalue weighted by atomic mass is 9.68. The number of carbonyl (C=O) groups is 3. The normalized spacial score (nSPS) is 34.0. The van der Waals surface area contributed by atoms with E-state index in [1.165, 1.54) is 10.6 Å². The van der Waals surface area contributed by atoms with Gasteiger partial charge in [-0.1, -0.05) is 0 Å². The van der Waals surface area contributed by atoms with Crippen LogP contribution < -0.4 is 0 Å². The monoisotopic (exact) mass is 580 g/mol. The van der Waals surface area contributed by atoms with Crippen LogP contribution in [0.4, 0.5) is 4.79 Å². The lowest BCUT2D eigenvalue weighted by molar-refractivity contribution is -0.146. The molecule has 5 rings (SSSR count). The van der Waals surface area contributed by atoms with Gasteiger partial charge in [0.05, 0.1) is 24.4 Å². The number of nitrogens with zero attached hydrogens (tertiary/aromatic N) is 4. The van der Waals surface area contributed by atoms with Gasteiger partial charge in [0.2, 0.25) is 21.8 Å². The Kier molecular flexibility index (Phi) is 8.72. The minimum Gasteiger partial charge on any atom is -0.447 e. The quantitative estimate of drug-likeness (QED) is 0.495. The number of piperazine rings is 2. The number of sulfonamides is 1. The number of ether oxygens (including phenoxy) is 1. The molecule has 3 unspecified atom stereocenters. The molecule has 2 aliphatic heterocycles. The van der Waals surface area contributed by atoms with E-state index in [9.17, 15) is 22.8 Å². The Hall–Kier alpha value is -1.88. The summed E-state index contributed by atoms with van der Waals surface area (Å²) in [6.07, 6.45) is 9.31. The zero-order valence-corrected chi connectivity index (χ0v) is 25.5. The zero-order chi connectivity index (χ0) is 28.8. The Morgan fingerprint density at radius 2 is 1.35 bits per heavy atom. The maximum atomic E-state index is 13.3. The highest BCUT2D eigenvalue weighted by Gasteiger charge is 2.50. The van der Waals surface area contributed by atoms with Crippen LogP contribution in [0.3, 0.4) is 0 Å². The largest absolute Gasteiger partial charge is 0.447 e. The molecule has 226 valence electrons. The van der Waals surface area contributed by atoms with Crippen molar-refractivity contribution in [1.29, 1.82) is 0 Å². The number of carbonyl (C=O) groups excluding carboxylic acids is 3. The van der Waals surface area contributed by atoms with E-state index in [4.69, 9.17) is 4.74 Å². The minimum atomic E-state index is -3.22. The lowest BCUT2D eigenvalue weighted by Gasteiger charge is -2.54. The summed E-state index contributed by atoms with van der Waals surface area (Å²) >= 11 is 0. The fraction of sp³-hybridized carbons (Fsp3) is 0.897. The lowest BCUT2D eigenvalue weighted by Crippen LogP contribution is -2.67. The molecule has 2 heterocycles. The van der Waals surface area contributed by atoms with Crippen LogP contribution in [-0.4, -0.2) is 109 Å². The summed E-state index contributed by atoms with van der Waals surface area (Å²) in [5.74, 6) is 1.61. The van der Waals surface area contributed by atoms with E-state index < -0.39 is 10.0 Å². The zero-order valence-electron chi connectivity index (χ0n) is 24.7. The molecule has 0 spiro atoms. The third kappa shape index (κ3) is 6.30. The van der Waals surface area contributed by atoms with E-state index in [0.717, 1.165) is 57.8 Å². The van der Waals surface area contributed by atoms with Crippen LogP contribution in [-0.2, 0) is 24.3 Å². The van der Waals surface area contributed by atoms with E-state index in [1.807, 2.05) is 23.6 Å². The summed E-state index contributed by atoms with van der Waals surface area (Å²) in [6.45, 7) is 8.02. The summed E-state index contributed by atoms with van der Waals surface area (Å²) in [4.78, 5) is 45.6. The summed E-state index contributed by atoms with van der Waals surface area (Å²) in [5.41, 5.74) is 0. The van der Waals surface area contributed by atoms with Crippen LogP contribution in [0, 0.1) is 23.7 Å². The SMILES string of the molecule is CC(C)OC(=O)N1C[C@H](C)N(C(=O)C2CC2)C2CCC(C3CCC(C(=O)N4CCN(S(C)(=O)=O)CC4)CC3)CC21. The molecule has 0 aromatic rings. The maximum absolute atomic E-state index is 13.3. The molecule has 0 aromatic heterocycles. The second kappa shape index (κ2) is 11.8. The number of fused-ring (bicyclic) bond motifs is 1. The first kappa shape index (κ1) is 29.6. The van der Waals surface area contributed by atoms with Crippen molar-refractivity contribution in [1.82, 2.24) is 19.0 Å². The Labute approximate surface area is 239 Å². The molecule has 0 bridgehead atoms. The van der Waals surface area contributed by atoms with Crippen LogP contribution in [0.2, 0.25) is 0 Å². The molecule has 3 saturated carbocycles. The van der Waals surface area contributed by atoms with Gasteiger partial charge in [-0.25, -0.2) is 13.2 Å².